The Morgan fingerprint density at radius 3 is 2.90 bits per heavy atom. The molecule has 20 heavy (non-hydrogen) atoms. The molecule has 3 N–H and O–H groups in total. The van der Waals surface area contributed by atoms with Crippen LogP contribution in [0.1, 0.15) is 30.5 Å². The molecule has 1 aromatic carbocycles. The number of nitrogens with one attached hydrogen (secondary N) is 2. The molecule has 0 saturated carbocycles. The van der Waals surface area contributed by atoms with Crippen molar-refractivity contribution in [3.63, 3.8) is 0 Å². The molecule has 108 valence electrons. The quantitative estimate of drug-likeness (QED) is 0.752. The van der Waals surface area contributed by atoms with Gasteiger partial charge >= 0.3 is 5.97 Å². The van der Waals surface area contributed by atoms with E-state index in [9.17, 15) is 9.59 Å². The molecule has 1 aliphatic rings. The monoisotopic (exact) mass is 276 g/mol. The number of rotatable bonds is 5. The van der Waals surface area contributed by atoms with Crippen molar-refractivity contribution in [3.05, 3.63) is 35.4 Å². The predicted molar refractivity (Wildman–Crippen MR) is 75.3 cm³/mol. The summed E-state index contributed by atoms with van der Waals surface area (Å²) in [5.41, 5.74) is 2.16. The summed E-state index contributed by atoms with van der Waals surface area (Å²) in [4.78, 5) is 23.2. The molecule has 5 heteroatoms. The van der Waals surface area contributed by atoms with E-state index in [1.54, 1.807) is 6.92 Å². The van der Waals surface area contributed by atoms with Crippen LogP contribution in [0.3, 0.4) is 0 Å². The van der Waals surface area contributed by atoms with Crippen LogP contribution in [0.5, 0.6) is 0 Å². The van der Waals surface area contributed by atoms with E-state index in [4.69, 9.17) is 5.11 Å². The second-order valence-electron chi connectivity index (χ2n) is 5.02. The van der Waals surface area contributed by atoms with E-state index in [1.165, 1.54) is 5.56 Å². The molecule has 2 unspecified atom stereocenters. The highest BCUT2D eigenvalue weighted by Gasteiger charge is 2.26. The van der Waals surface area contributed by atoms with Gasteiger partial charge in [-0.1, -0.05) is 31.2 Å². The molecule has 0 radical (unpaired) electrons. The molecular weight excluding hydrogens is 256 g/mol. The minimum absolute atomic E-state index is 0.156. The number of benzene rings is 1. The predicted octanol–water partition coefficient (Wildman–Crippen LogP) is 1.10. The van der Waals surface area contributed by atoms with Gasteiger partial charge in [0.2, 0.25) is 5.91 Å². The number of fused-ring (bicyclic) bond motifs is 1. The zero-order chi connectivity index (χ0) is 14.5. The largest absolute Gasteiger partial charge is 0.481 e. The summed E-state index contributed by atoms with van der Waals surface area (Å²) < 4.78 is 0. The van der Waals surface area contributed by atoms with Gasteiger partial charge in [0.25, 0.3) is 0 Å². The second-order valence-corrected chi connectivity index (χ2v) is 5.02. The van der Waals surface area contributed by atoms with Gasteiger partial charge in [-0.25, -0.2) is 0 Å². The molecule has 1 aliphatic heterocycles. The number of carbonyl (C=O) groups is 2. The van der Waals surface area contributed by atoms with Gasteiger partial charge in [0.1, 0.15) is 6.04 Å². The summed E-state index contributed by atoms with van der Waals surface area (Å²) >= 11 is 0. The number of hydrogen-bond acceptors (Lipinski definition) is 3. The van der Waals surface area contributed by atoms with Crippen molar-refractivity contribution in [1.29, 1.82) is 0 Å². The molecule has 0 saturated heterocycles. The highest BCUT2D eigenvalue weighted by Crippen LogP contribution is 2.22. The standard InChI is InChI=1S/C15H20N2O3/c1-2-10(15(19)20)9-17-14(18)13-12-6-4-3-5-11(12)7-8-16-13/h3-6,10,13,16H,2,7-9H2,1H3,(H,17,18)(H,19,20). The smallest absolute Gasteiger partial charge is 0.308 e. The van der Waals surface area contributed by atoms with E-state index in [0.29, 0.717) is 6.42 Å². The van der Waals surface area contributed by atoms with Gasteiger partial charge < -0.3 is 15.7 Å². The molecule has 0 fully saturated rings. The lowest BCUT2D eigenvalue weighted by molar-refractivity contribution is -0.141. The number of hydrogen-bond donors (Lipinski definition) is 3. The minimum Gasteiger partial charge on any atom is -0.481 e. The molecule has 5 nitrogen and oxygen atoms in total. The zero-order valence-corrected chi connectivity index (χ0v) is 11.6. The Kier molecular flexibility index (Phi) is 4.74. The van der Waals surface area contributed by atoms with Gasteiger partial charge in [-0.2, -0.15) is 0 Å². The van der Waals surface area contributed by atoms with Crippen molar-refractivity contribution in [2.75, 3.05) is 13.1 Å². The van der Waals surface area contributed by atoms with Crippen LogP contribution in [0, 0.1) is 5.92 Å². The number of carbonyl (C=O) groups excluding carboxylic acids is 1. The Balaban J connectivity index is 2.02. The summed E-state index contributed by atoms with van der Waals surface area (Å²) in [6.07, 6.45) is 1.41. The van der Waals surface area contributed by atoms with Crippen LogP contribution in [0.4, 0.5) is 0 Å². The fourth-order valence-electron chi connectivity index (χ4n) is 2.47. The highest BCUT2D eigenvalue weighted by molar-refractivity contribution is 5.84. The van der Waals surface area contributed by atoms with E-state index in [-0.39, 0.29) is 18.5 Å². The van der Waals surface area contributed by atoms with Crippen molar-refractivity contribution in [2.45, 2.75) is 25.8 Å². The van der Waals surface area contributed by atoms with Crippen LogP contribution in [0.25, 0.3) is 0 Å². The molecule has 2 rings (SSSR count). The first kappa shape index (κ1) is 14.5. The van der Waals surface area contributed by atoms with Crippen LogP contribution in [-0.2, 0) is 16.0 Å². The molecule has 1 aromatic rings. The fourth-order valence-corrected chi connectivity index (χ4v) is 2.47. The average Bonchev–Trinajstić information content (AvgIpc) is 2.46. The SMILES string of the molecule is CCC(CNC(=O)C1NCCc2ccccc21)C(=O)O. The maximum absolute atomic E-state index is 12.2. The van der Waals surface area contributed by atoms with Crippen molar-refractivity contribution < 1.29 is 14.7 Å². The van der Waals surface area contributed by atoms with Gasteiger partial charge in [0.05, 0.1) is 5.92 Å². The maximum Gasteiger partial charge on any atom is 0.308 e. The zero-order valence-electron chi connectivity index (χ0n) is 11.6. The van der Waals surface area contributed by atoms with Crippen molar-refractivity contribution >= 4 is 11.9 Å². The van der Waals surface area contributed by atoms with Gasteiger partial charge in [-0.05, 0) is 24.0 Å². The normalized spacial score (nSPS) is 18.9. The lowest BCUT2D eigenvalue weighted by Gasteiger charge is -2.26. The van der Waals surface area contributed by atoms with Crippen molar-refractivity contribution in [3.8, 4) is 0 Å². The molecule has 0 bridgehead atoms. The number of aliphatic carboxylic acids is 1. The lowest BCUT2D eigenvalue weighted by atomic mass is 9.94. The van der Waals surface area contributed by atoms with E-state index in [0.717, 1.165) is 18.5 Å². The van der Waals surface area contributed by atoms with E-state index < -0.39 is 11.9 Å². The molecule has 2 atom stereocenters. The molecule has 1 amide bonds. The third-order valence-corrected chi connectivity index (χ3v) is 3.74. The van der Waals surface area contributed by atoms with Gasteiger partial charge in [0, 0.05) is 13.1 Å². The Labute approximate surface area is 118 Å². The number of carboxylic acids is 1. The Morgan fingerprint density at radius 2 is 2.20 bits per heavy atom. The average molecular weight is 276 g/mol. The molecule has 0 spiro atoms. The number of carboxylic acid groups (broad SMARTS) is 1. The van der Waals surface area contributed by atoms with Crippen LogP contribution in [0.15, 0.2) is 24.3 Å². The maximum atomic E-state index is 12.2. The molecule has 1 heterocycles. The van der Waals surface area contributed by atoms with Crippen LogP contribution < -0.4 is 10.6 Å². The summed E-state index contributed by atoms with van der Waals surface area (Å²) in [7, 11) is 0. The Morgan fingerprint density at radius 1 is 1.45 bits per heavy atom. The summed E-state index contributed by atoms with van der Waals surface area (Å²) in [6, 6.07) is 7.48. The number of amides is 1. The first-order valence-electron chi connectivity index (χ1n) is 6.95. The lowest BCUT2D eigenvalue weighted by Crippen LogP contribution is -2.43. The van der Waals surface area contributed by atoms with E-state index in [2.05, 4.69) is 10.6 Å². The molecular formula is C15H20N2O3. The van der Waals surface area contributed by atoms with Gasteiger partial charge in [-0.3, -0.25) is 9.59 Å². The van der Waals surface area contributed by atoms with Crippen LogP contribution in [-0.4, -0.2) is 30.1 Å². The first-order valence-corrected chi connectivity index (χ1v) is 6.95. The van der Waals surface area contributed by atoms with Crippen molar-refractivity contribution in [1.82, 2.24) is 10.6 Å². The van der Waals surface area contributed by atoms with Gasteiger partial charge in [-0.15, -0.1) is 0 Å². The fraction of sp³-hybridized carbons (Fsp3) is 0.467. The summed E-state index contributed by atoms with van der Waals surface area (Å²) in [5, 5.41) is 14.9. The van der Waals surface area contributed by atoms with E-state index in [1.807, 2.05) is 24.3 Å². The first-order chi connectivity index (χ1) is 9.63. The van der Waals surface area contributed by atoms with Gasteiger partial charge in [0.15, 0.2) is 0 Å². The Hall–Kier alpha value is -1.88. The van der Waals surface area contributed by atoms with Crippen LogP contribution >= 0.6 is 0 Å². The summed E-state index contributed by atoms with van der Waals surface area (Å²) in [5.74, 6) is -1.56. The molecule has 0 aliphatic carbocycles. The third-order valence-electron chi connectivity index (χ3n) is 3.74. The van der Waals surface area contributed by atoms with E-state index >= 15 is 0 Å². The topological polar surface area (TPSA) is 78.4 Å². The third kappa shape index (κ3) is 3.17. The minimum atomic E-state index is -0.871. The van der Waals surface area contributed by atoms with Crippen molar-refractivity contribution in [2.24, 2.45) is 5.92 Å². The second kappa shape index (κ2) is 6.52. The Bertz CT molecular complexity index is 502. The molecule has 0 aromatic heterocycles. The summed E-state index contributed by atoms with van der Waals surface area (Å²) in [6.45, 7) is 2.73. The highest BCUT2D eigenvalue weighted by atomic mass is 16.4. The van der Waals surface area contributed by atoms with Crippen LogP contribution in [0.2, 0.25) is 0 Å².